The Morgan fingerprint density at radius 2 is 2.26 bits per heavy atom. The van der Waals surface area contributed by atoms with Crippen LogP contribution in [0.5, 0.6) is 0 Å². The molecule has 7 heteroatoms. The van der Waals surface area contributed by atoms with Gasteiger partial charge < -0.3 is 0 Å². The van der Waals surface area contributed by atoms with Gasteiger partial charge in [-0.15, -0.1) is 0 Å². The predicted octanol–water partition coefficient (Wildman–Crippen LogP) is 1.87. The van der Waals surface area contributed by atoms with Crippen LogP contribution in [0, 0.1) is 17.1 Å². The first-order valence-corrected chi connectivity index (χ1v) is 8.47. The smallest absolute Gasteiger partial charge is 0.207 e. The Morgan fingerprint density at radius 3 is 2.89 bits per heavy atom. The molecule has 0 aliphatic carbocycles. The first kappa shape index (κ1) is 14.3. The molecule has 0 saturated carbocycles. The number of sulfonamides is 1. The summed E-state index contributed by atoms with van der Waals surface area (Å²) >= 11 is 1.69. The minimum atomic E-state index is -3.85. The molecule has 1 aliphatic heterocycles. The molecule has 1 aromatic carbocycles. The molecule has 1 unspecified atom stereocenters. The molecule has 0 amide bonds. The van der Waals surface area contributed by atoms with E-state index in [0.717, 1.165) is 24.7 Å². The number of benzene rings is 1. The van der Waals surface area contributed by atoms with E-state index in [1.54, 1.807) is 17.8 Å². The fourth-order valence-corrected chi connectivity index (χ4v) is 4.57. The highest BCUT2D eigenvalue weighted by atomic mass is 32.2. The van der Waals surface area contributed by atoms with Gasteiger partial charge in [-0.1, -0.05) is 6.07 Å². The van der Waals surface area contributed by atoms with E-state index in [4.69, 9.17) is 5.26 Å². The van der Waals surface area contributed by atoms with Crippen LogP contribution >= 0.6 is 11.8 Å². The quantitative estimate of drug-likeness (QED) is 0.925. The van der Waals surface area contributed by atoms with Crippen LogP contribution in [0.3, 0.4) is 0 Å². The van der Waals surface area contributed by atoms with Crippen LogP contribution in [0.1, 0.15) is 18.4 Å². The monoisotopic (exact) mass is 300 g/mol. The van der Waals surface area contributed by atoms with E-state index in [0.29, 0.717) is 5.75 Å². The predicted molar refractivity (Wildman–Crippen MR) is 71.8 cm³/mol. The lowest BCUT2D eigenvalue weighted by Gasteiger charge is -2.22. The highest BCUT2D eigenvalue weighted by molar-refractivity contribution is 7.99. The number of halogens is 1. The van der Waals surface area contributed by atoms with Crippen LogP contribution in [0.25, 0.3) is 0 Å². The number of rotatable bonds is 3. The van der Waals surface area contributed by atoms with Crippen LogP contribution < -0.4 is 4.72 Å². The Balaban J connectivity index is 2.29. The van der Waals surface area contributed by atoms with Crippen molar-refractivity contribution in [2.24, 2.45) is 0 Å². The number of nitrogens with one attached hydrogen (secondary N) is 1. The molecular weight excluding hydrogens is 287 g/mol. The maximum Gasteiger partial charge on any atom is 0.242 e. The van der Waals surface area contributed by atoms with Crippen LogP contribution in [-0.2, 0) is 10.0 Å². The van der Waals surface area contributed by atoms with Gasteiger partial charge in [-0.3, -0.25) is 0 Å². The number of hydrogen-bond acceptors (Lipinski definition) is 4. The Morgan fingerprint density at radius 1 is 1.47 bits per heavy atom. The topological polar surface area (TPSA) is 70.0 Å². The van der Waals surface area contributed by atoms with E-state index in [1.165, 1.54) is 12.1 Å². The zero-order valence-electron chi connectivity index (χ0n) is 10.1. The molecule has 2 rings (SSSR count). The Hall–Kier alpha value is -1.10. The van der Waals surface area contributed by atoms with Gasteiger partial charge in [0.05, 0.1) is 0 Å². The van der Waals surface area contributed by atoms with Crippen molar-refractivity contribution in [3.63, 3.8) is 0 Å². The summed E-state index contributed by atoms with van der Waals surface area (Å²) in [6.07, 6.45) is 1.72. The third-order valence-corrected chi connectivity index (χ3v) is 5.64. The summed E-state index contributed by atoms with van der Waals surface area (Å²) in [4.78, 5) is -0.287. The van der Waals surface area contributed by atoms with Gasteiger partial charge in [0, 0.05) is 11.8 Å². The van der Waals surface area contributed by atoms with Crippen molar-refractivity contribution in [1.82, 2.24) is 4.72 Å². The number of nitriles is 1. The molecule has 0 bridgehead atoms. The molecule has 19 heavy (non-hydrogen) atoms. The van der Waals surface area contributed by atoms with Crippen LogP contribution in [0.15, 0.2) is 23.1 Å². The molecule has 4 nitrogen and oxygen atoms in total. The molecule has 1 aliphatic rings. The lowest BCUT2D eigenvalue weighted by atomic mass is 10.2. The summed E-state index contributed by atoms with van der Waals surface area (Å²) in [6, 6.07) is 5.07. The summed E-state index contributed by atoms with van der Waals surface area (Å²) in [5, 5.41) is 8.88. The van der Waals surface area contributed by atoms with E-state index in [2.05, 4.69) is 4.72 Å². The molecule has 1 saturated heterocycles. The van der Waals surface area contributed by atoms with Gasteiger partial charge in [0.15, 0.2) is 0 Å². The van der Waals surface area contributed by atoms with Crippen molar-refractivity contribution in [2.75, 3.05) is 11.5 Å². The van der Waals surface area contributed by atoms with E-state index < -0.39 is 21.4 Å². The Labute approximate surface area is 116 Å². The third-order valence-electron chi connectivity index (χ3n) is 2.86. The summed E-state index contributed by atoms with van der Waals surface area (Å²) < 4.78 is 40.4. The van der Waals surface area contributed by atoms with Crippen molar-refractivity contribution >= 4 is 21.8 Å². The molecule has 1 heterocycles. The third kappa shape index (κ3) is 3.26. The zero-order valence-corrected chi connectivity index (χ0v) is 11.7. The lowest BCUT2D eigenvalue weighted by Crippen LogP contribution is -2.38. The molecule has 1 atom stereocenters. The number of nitrogens with zero attached hydrogens (tertiary/aromatic N) is 1. The molecule has 0 radical (unpaired) electrons. The molecule has 1 fully saturated rings. The maximum absolute atomic E-state index is 13.4. The highest BCUT2D eigenvalue weighted by Gasteiger charge is 2.25. The highest BCUT2D eigenvalue weighted by Crippen LogP contribution is 2.22. The van der Waals surface area contributed by atoms with Gasteiger partial charge in [-0.25, -0.2) is 17.5 Å². The fraction of sp³-hybridized carbons (Fsp3) is 0.417. The van der Waals surface area contributed by atoms with Crippen molar-refractivity contribution < 1.29 is 12.8 Å². The van der Waals surface area contributed by atoms with E-state index in [1.807, 2.05) is 0 Å². The van der Waals surface area contributed by atoms with Crippen LogP contribution in [-0.4, -0.2) is 26.0 Å². The molecule has 0 spiro atoms. The molecular formula is C12H13FN2O2S2. The second-order valence-corrected chi connectivity index (χ2v) is 7.09. The van der Waals surface area contributed by atoms with Gasteiger partial charge >= 0.3 is 0 Å². The minimum Gasteiger partial charge on any atom is -0.207 e. The van der Waals surface area contributed by atoms with E-state index in [9.17, 15) is 12.8 Å². The van der Waals surface area contributed by atoms with E-state index >= 15 is 0 Å². The van der Waals surface area contributed by atoms with Crippen molar-refractivity contribution in [1.29, 1.82) is 5.26 Å². The fourth-order valence-electron chi connectivity index (χ4n) is 1.95. The summed E-state index contributed by atoms with van der Waals surface area (Å²) in [6.45, 7) is 0. The normalized spacial score (nSPS) is 19.9. The molecule has 1 aromatic rings. The van der Waals surface area contributed by atoms with Crippen molar-refractivity contribution in [2.45, 2.75) is 23.8 Å². The average molecular weight is 300 g/mol. The van der Waals surface area contributed by atoms with Crippen LogP contribution in [0.2, 0.25) is 0 Å². The first-order chi connectivity index (χ1) is 9.04. The van der Waals surface area contributed by atoms with Crippen LogP contribution in [0.4, 0.5) is 4.39 Å². The summed E-state index contributed by atoms with van der Waals surface area (Å²) in [5.41, 5.74) is -0.432. The largest absolute Gasteiger partial charge is 0.242 e. The lowest BCUT2D eigenvalue weighted by molar-refractivity contribution is 0.541. The molecule has 102 valence electrons. The first-order valence-electron chi connectivity index (χ1n) is 5.83. The Kier molecular flexibility index (Phi) is 4.45. The number of hydrogen-bond donors (Lipinski definition) is 1. The van der Waals surface area contributed by atoms with Crippen molar-refractivity contribution in [3.8, 4) is 6.07 Å². The Bertz CT molecular complexity index is 605. The second-order valence-electron chi connectivity index (χ2n) is 4.26. The second kappa shape index (κ2) is 5.90. The van der Waals surface area contributed by atoms with Gasteiger partial charge in [0.25, 0.3) is 0 Å². The molecule has 0 aromatic heterocycles. The number of thioether (sulfide) groups is 1. The maximum atomic E-state index is 13.4. The minimum absolute atomic E-state index is 0.154. The zero-order chi connectivity index (χ0) is 13.9. The summed E-state index contributed by atoms with van der Waals surface area (Å²) in [7, 11) is -3.85. The average Bonchev–Trinajstić information content (AvgIpc) is 2.39. The van der Waals surface area contributed by atoms with Gasteiger partial charge in [0.1, 0.15) is 22.3 Å². The van der Waals surface area contributed by atoms with Crippen molar-refractivity contribution in [3.05, 3.63) is 29.6 Å². The molecule has 1 N–H and O–H groups in total. The standard InChI is InChI=1S/C12H13FN2O2S2/c13-11-4-1-5-12(10(11)7-14)19(16,17)15-9-3-2-6-18-8-9/h1,4-5,9,15H,2-3,6,8H2. The van der Waals surface area contributed by atoms with Gasteiger partial charge in [-0.05, 0) is 30.7 Å². The van der Waals surface area contributed by atoms with Gasteiger partial charge in [0.2, 0.25) is 10.0 Å². The summed E-state index contributed by atoms with van der Waals surface area (Å²) in [5.74, 6) is 0.918. The van der Waals surface area contributed by atoms with E-state index in [-0.39, 0.29) is 10.9 Å². The SMILES string of the molecule is N#Cc1c(F)cccc1S(=O)(=O)NC1CCCSC1. The van der Waals surface area contributed by atoms with Gasteiger partial charge in [-0.2, -0.15) is 17.0 Å².